The van der Waals surface area contributed by atoms with Crippen LogP contribution >= 0.6 is 11.6 Å². The van der Waals surface area contributed by atoms with Crippen molar-refractivity contribution >= 4 is 17.5 Å². The summed E-state index contributed by atoms with van der Waals surface area (Å²) in [5, 5.41) is 0.0234. The molecule has 0 N–H and O–H groups in total. The summed E-state index contributed by atoms with van der Waals surface area (Å²) in [7, 11) is 0. The molecule has 1 spiro atoms. The fourth-order valence-corrected chi connectivity index (χ4v) is 4.97. The molecular formula is C23H25ClF2N2O. The van der Waals surface area contributed by atoms with Crippen molar-refractivity contribution in [3.05, 3.63) is 70.2 Å². The summed E-state index contributed by atoms with van der Waals surface area (Å²) >= 11 is 5.74. The van der Waals surface area contributed by atoms with Crippen LogP contribution < -0.4 is 0 Å². The largest absolute Gasteiger partial charge is 0.339 e. The zero-order valence-electron chi connectivity index (χ0n) is 16.3. The molecular weight excluding hydrogens is 394 g/mol. The van der Waals surface area contributed by atoms with Gasteiger partial charge >= 0.3 is 0 Å². The molecule has 6 heteroatoms. The van der Waals surface area contributed by atoms with Gasteiger partial charge < -0.3 is 4.90 Å². The maximum absolute atomic E-state index is 13.8. The van der Waals surface area contributed by atoms with Crippen LogP contribution in [0.1, 0.15) is 48.0 Å². The number of hydrogen-bond acceptors (Lipinski definition) is 2. The number of likely N-dealkylation sites (tertiary alicyclic amines) is 2. The standard InChI is InChI=1S/C23H25ClF2N2O/c24-20-7-6-18(15-21(20)26)22(29)27-11-2-8-23(10-13-27)9-3-12-28(23)16-17-4-1-5-19(25)14-17/h1,4-7,14-15H,2-3,8-13,16H2/t23-/m1/s1. The van der Waals surface area contributed by atoms with Crippen LogP contribution in [0.3, 0.4) is 0 Å². The molecule has 2 aliphatic heterocycles. The molecule has 4 rings (SSSR count). The van der Waals surface area contributed by atoms with E-state index in [-0.39, 0.29) is 22.3 Å². The molecule has 2 aromatic rings. The molecule has 2 heterocycles. The van der Waals surface area contributed by atoms with Crippen molar-refractivity contribution in [2.75, 3.05) is 19.6 Å². The van der Waals surface area contributed by atoms with Crippen LogP contribution in [0.15, 0.2) is 42.5 Å². The fraction of sp³-hybridized carbons (Fsp3) is 0.435. The molecule has 29 heavy (non-hydrogen) atoms. The first-order chi connectivity index (χ1) is 14.0. The molecule has 0 saturated carbocycles. The maximum atomic E-state index is 13.8. The number of halogens is 3. The molecule has 0 unspecified atom stereocenters. The smallest absolute Gasteiger partial charge is 0.253 e. The van der Waals surface area contributed by atoms with Crippen molar-refractivity contribution < 1.29 is 13.6 Å². The van der Waals surface area contributed by atoms with Gasteiger partial charge in [0.15, 0.2) is 0 Å². The molecule has 1 amide bonds. The number of rotatable bonds is 3. The second-order valence-electron chi connectivity index (χ2n) is 8.15. The highest BCUT2D eigenvalue weighted by molar-refractivity contribution is 6.30. The average molecular weight is 419 g/mol. The predicted molar refractivity (Wildman–Crippen MR) is 110 cm³/mol. The summed E-state index contributed by atoms with van der Waals surface area (Å²) in [5.41, 5.74) is 1.37. The van der Waals surface area contributed by atoms with Gasteiger partial charge in [0, 0.05) is 30.7 Å². The first-order valence-electron chi connectivity index (χ1n) is 10.2. The molecule has 0 aromatic heterocycles. The number of nitrogens with zero attached hydrogens (tertiary/aromatic N) is 2. The van der Waals surface area contributed by atoms with Gasteiger partial charge in [-0.2, -0.15) is 0 Å². The monoisotopic (exact) mass is 418 g/mol. The van der Waals surface area contributed by atoms with Crippen LogP contribution in [0.2, 0.25) is 5.02 Å². The van der Waals surface area contributed by atoms with Gasteiger partial charge in [-0.25, -0.2) is 8.78 Å². The quantitative estimate of drug-likeness (QED) is 0.677. The lowest BCUT2D eigenvalue weighted by molar-refractivity contribution is 0.0737. The highest BCUT2D eigenvalue weighted by atomic mass is 35.5. The van der Waals surface area contributed by atoms with Gasteiger partial charge in [-0.15, -0.1) is 0 Å². The van der Waals surface area contributed by atoms with E-state index in [0.717, 1.165) is 50.8 Å². The third-order valence-electron chi connectivity index (χ3n) is 6.37. The van der Waals surface area contributed by atoms with E-state index < -0.39 is 5.82 Å². The Kier molecular flexibility index (Phi) is 5.88. The van der Waals surface area contributed by atoms with E-state index >= 15 is 0 Å². The second-order valence-corrected chi connectivity index (χ2v) is 8.56. The van der Waals surface area contributed by atoms with Crippen molar-refractivity contribution in [3.8, 4) is 0 Å². The van der Waals surface area contributed by atoms with E-state index in [0.29, 0.717) is 18.7 Å². The number of carbonyl (C=O) groups excluding carboxylic acids is 1. The Balaban J connectivity index is 1.47. The van der Waals surface area contributed by atoms with Crippen molar-refractivity contribution in [2.45, 2.75) is 44.2 Å². The highest BCUT2D eigenvalue weighted by Gasteiger charge is 2.42. The summed E-state index contributed by atoms with van der Waals surface area (Å²) in [5.74, 6) is -0.920. The summed E-state index contributed by atoms with van der Waals surface area (Å²) in [4.78, 5) is 17.2. The van der Waals surface area contributed by atoms with Crippen LogP contribution in [-0.4, -0.2) is 40.9 Å². The van der Waals surface area contributed by atoms with Gasteiger partial charge in [0.05, 0.1) is 5.02 Å². The van der Waals surface area contributed by atoms with Crippen LogP contribution in [0.4, 0.5) is 8.78 Å². The molecule has 0 aliphatic carbocycles. The number of amides is 1. The third-order valence-corrected chi connectivity index (χ3v) is 6.68. The van der Waals surface area contributed by atoms with Crippen molar-refractivity contribution in [1.29, 1.82) is 0 Å². The normalized spacial score (nSPS) is 22.8. The molecule has 3 nitrogen and oxygen atoms in total. The van der Waals surface area contributed by atoms with E-state index in [4.69, 9.17) is 11.6 Å². The molecule has 2 aliphatic rings. The Hall–Kier alpha value is -1.98. The molecule has 0 radical (unpaired) electrons. The Morgan fingerprint density at radius 3 is 2.55 bits per heavy atom. The first-order valence-corrected chi connectivity index (χ1v) is 10.6. The summed E-state index contributed by atoms with van der Waals surface area (Å²) in [6.45, 7) is 3.03. The maximum Gasteiger partial charge on any atom is 0.253 e. The van der Waals surface area contributed by atoms with Crippen LogP contribution in [0, 0.1) is 11.6 Å². The topological polar surface area (TPSA) is 23.6 Å². The van der Waals surface area contributed by atoms with Crippen molar-refractivity contribution in [1.82, 2.24) is 9.80 Å². The minimum absolute atomic E-state index is 0.0234. The Morgan fingerprint density at radius 1 is 1.00 bits per heavy atom. The molecule has 2 saturated heterocycles. The van der Waals surface area contributed by atoms with E-state index in [1.165, 1.54) is 18.2 Å². The average Bonchev–Trinajstić information content (AvgIpc) is 2.94. The van der Waals surface area contributed by atoms with E-state index in [1.54, 1.807) is 18.2 Å². The minimum Gasteiger partial charge on any atom is -0.339 e. The molecule has 154 valence electrons. The van der Waals surface area contributed by atoms with Gasteiger partial charge in [0.2, 0.25) is 0 Å². The van der Waals surface area contributed by atoms with Crippen molar-refractivity contribution in [3.63, 3.8) is 0 Å². The van der Waals surface area contributed by atoms with E-state index in [2.05, 4.69) is 4.90 Å². The molecule has 2 fully saturated rings. The van der Waals surface area contributed by atoms with Gasteiger partial charge in [0.1, 0.15) is 11.6 Å². The van der Waals surface area contributed by atoms with E-state index in [1.807, 2.05) is 11.0 Å². The number of carbonyl (C=O) groups is 1. The molecule has 2 aromatic carbocycles. The Morgan fingerprint density at radius 2 is 1.79 bits per heavy atom. The second kappa shape index (κ2) is 8.41. The molecule has 0 bridgehead atoms. The SMILES string of the molecule is O=C(c1ccc(Cl)c(F)c1)N1CCC[C@@]2(CCCN2Cc2cccc(F)c2)CC1. The lowest BCUT2D eigenvalue weighted by Crippen LogP contribution is -2.44. The van der Waals surface area contributed by atoms with Crippen molar-refractivity contribution in [2.24, 2.45) is 0 Å². The predicted octanol–water partition coefficient (Wildman–Crippen LogP) is 5.28. The summed E-state index contributed by atoms with van der Waals surface area (Å²) in [6, 6.07) is 11.0. The van der Waals surface area contributed by atoms with Gasteiger partial charge in [-0.05, 0) is 74.5 Å². The summed E-state index contributed by atoms with van der Waals surface area (Å²) < 4.78 is 27.4. The minimum atomic E-state index is -0.569. The molecule has 1 atom stereocenters. The lowest BCUT2D eigenvalue weighted by atomic mass is 9.87. The third kappa shape index (κ3) is 4.31. The van der Waals surface area contributed by atoms with Gasteiger partial charge in [-0.1, -0.05) is 23.7 Å². The first kappa shape index (κ1) is 20.3. The highest BCUT2D eigenvalue weighted by Crippen LogP contribution is 2.39. The lowest BCUT2D eigenvalue weighted by Gasteiger charge is -2.38. The summed E-state index contributed by atoms with van der Waals surface area (Å²) in [6.07, 6.45) is 5.01. The zero-order chi connectivity index (χ0) is 20.4. The van der Waals surface area contributed by atoms with Crippen LogP contribution in [0.25, 0.3) is 0 Å². The number of benzene rings is 2. The fourth-order valence-electron chi connectivity index (χ4n) is 4.86. The zero-order valence-corrected chi connectivity index (χ0v) is 17.1. The Labute approximate surface area is 175 Å². The van der Waals surface area contributed by atoms with Gasteiger partial charge in [0.25, 0.3) is 5.91 Å². The van der Waals surface area contributed by atoms with Crippen LogP contribution in [0.5, 0.6) is 0 Å². The number of hydrogen-bond donors (Lipinski definition) is 0. The van der Waals surface area contributed by atoms with E-state index in [9.17, 15) is 13.6 Å². The van der Waals surface area contributed by atoms with Crippen LogP contribution in [-0.2, 0) is 6.54 Å². The van der Waals surface area contributed by atoms with Gasteiger partial charge in [-0.3, -0.25) is 9.69 Å². The Bertz CT molecular complexity index is 906.